The number of nitrogens with one attached hydrogen (secondary N) is 1. The van der Waals surface area contributed by atoms with E-state index in [1.165, 1.54) is 11.1 Å². The molecule has 1 amide bonds. The smallest absolute Gasteiger partial charge is 0.220 e. The molecule has 1 aromatic carbocycles. The molecule has 1 atom stereocenters. The molecule has 1 aromatic rings. The largest absolute Gasteiger partial charge is 0.356 e. The molecule has 0 spiro atoms. The lowest BCUT2D eigenvalue weighted by Crippen LogP contribution is -2.24. The second kappa shape index (κ2) is 7.07. The lowest BCUT2D eigenvalue weighted by Gasteiger charge is -2.17. The maximum Gasteiger partial charge on any atom is 0.220 e. The van der Waals surface area contributed by atoms with Crippen molar-refractivity contribution in [1.29, 1.82) is 0 Å². The topological polar surface area (TPSA) is 55.1 Å². The standard InChI is InChI=1S/C14H22N2O/c1-3-16-14(17)9-8-12(10-15)13-7-5-4-6-11(13)2/h4-7,12H,3,8-10,15H2,1-2H3,(H,16,17). The summed E-state index contributed by atoms with van der Waals surface area (Å²) in [5, 5.41) is 2.81. The molecule has 0 saturated heterocycles. The minimum atomic E-state index is 0.111. The van der Waals surface area contributed by atoms with E-state index in [1.807, 2.05) is 19.1 Å². The molecule has 0 aliphatic heterocycles. The van der Waals surface area contributed by atoms with Crippen LogP contribution in [0.1, 0.15) is 36.8 Å². The lowest BCUT2D eigenvalue weighted by molar-refractivity contribution is -0.121. The number of hydrogen-bond donors (Lipinski definition) is 2. The Morgan fingerprint density at radius 3 is 2.71 bits per heavy atom. The maximum atomic E-state index is 11.4. The van der Waals surface area contributed by atoms with Crippen molar-refractivity contribution in [2.24, 2.45) is 5.73 Å². The van der Waals surface area contributed by atoms with Crippen LogP contribution in [0.4, 0.5) is 0 Å². The zero-order valence-corrected chi connectivity index (χ0v) is 10.7. The molecular weight excluding hydrogens is 212 g/mol. The quantitative estimate of drug-likeness (QED) is 0.790. The third-order valence-electron chi connectivity index (χ3n) is 3.01. The van der Waals surface area contributed by atoms with E-state index >= 15 is 0 Å². The minimum Gasteiger partial charge on any atom is -0.356 e. The van der Waals surface area contributed by atoms with Gasteiger partial charge in [0, 0.05) is 13.0 Å². The number of amides is 1. The zero-order valence-electron chi connectivity index (χ0n) is 10.7. The average Bonchev–Trinajstić information content (AvgIpc) is 2.32. The zero-order chi connectivity index (χ0) is 12.7. The average molecular weight is 234 g/mol. The molecule has 3 heteroatoms. The second-order valence-electron chi connectivity index (χ2n) is 4.28. The van der Waals surface area contributed by atoms with Crippen LogP contribution in [0.2, 0.25) is 0 Å². The molecule has 0 radical (unpaired) electrons. The molecule has 94 valence electrons. The second-order valence-corrected chi connectivity index (χ2v) is 4.28. The molecule has 0 aliphatic rings. The minimum absolute atomic E-state index is 0.111. The van der Waals surface area contributed by atoms with Crippen LogP contribution in [0.3, 0.4) is 0 Å². The molecular formula is C14H22N2O. The van der Waals surface area contributed by atoms with E-state index < -0.39 is 0 Å². The molecule has 1 unspecified atom stereocenters. The number of carbonyl (C=O) groups excluding carboxylic acids is 1. The van der Waals surface area contributed by atoms with Crippen LogP contribution in [0.5, 0.6) is 0 Å². The first-order chi connectivity index (χ1) is 8.19. The Kier molecular flexibility index (Phi) is 5.70. The highest BCUT2D eigenvalue weighted by Crippen LogP contribution is 2.23. The summed E-state index contributed by atoms with van der Waals surface area (Å²) in [6, 6.07) is 8.24. The lowest BCUT2D eigenvalue weighted by atomic mass is 9.91. The van der Waals surface area contributed by atoms with Gasteiger partial charge in [0.1, 0.15) is 0 Å². The molecule has 3 nitrogen and oxygen atoms in total. The summed E-state index contributed by atoms with van der Waals surface area (Å²) in [6.45, 7) is 5.30. The molecule has 0 heterocycles. The van der Waals surface area contributed by atoms with Gasteiger partial charge in [-0.25, -0.2) is 0 Å². The van der Waals surface area contributed by atoms with Crippen molar-refractivity contribution in [2.75, 3.05) is 13.1 Å². The van der Waals surface area contributed by atoms with Crippen molar-refractivity contribution in [3.8, 4) is 0 Å². The van der Waals surface area contributed by atoms with Crippen LogP contribution in [0, 0.1) is 6.92 Å². The highest BCUT2D eigenvalue weighted by atomic mass is 16.1. The van der Waals surface area contributed by atoms with Crippen LogP contribution < -0.4 is 11.1 Å². The van der Waals surface area contributed by atoms with Gasteiger partial charge in [-0.3, -0.25) is 4.79 Å². The van der Waals surface area contributed by atoms with Gasteiger partial charge < -0.3 is 11.1 Å². The van der Waals surface area contributed by atoms with Gasteiger partial charge in [-0.2, -0.15) is 0 Å². The summed E-state index contributed by atoms with van der Waals surface area (Å²) in [5.41, 5.74) is 8.31. The van der Waals surface area contributed by atoms with E-state index in [2.05, 4.69) is 24.4 Å². The fourth-order valence-corrected chi connectivity index (χ4v) is 2.04. The van der Waals surface area contributed by atoms with Gasteiger partial charge in [0.05, 0.1) is 0 Å². The third kappa shape index (κ3) is 4.19. The first-order valence-electron chi connectivity index (χ1n) is 6.21. The van der Waals surface area contributed by atoms with Crippen LogP contribution in [-0.4, -0.2) is 19.0 Å². The summed E-state index contributed by atoms with van der Waals surface area (Å²) in [7, 11) is 0. The predicted octanol–water partition coefficient (Wildman–Crippen LogP) is 1.95. The van der Waals surface area contributed by atoms with Gasteiger partial charge >= 0.3 is 0 Å². The van der Waals surface area contributed by atoms with Crippen molar-refractivity contribution in [3.63, 3.8) is 0 Å². The molecule has 0 saturated carbocycles. The van der Waals surface area contributed by atoms with Gasteiger partial charge in [0.25, 0.3) is 0 Å². The van der Waals surface area contributed by atoms with Crippen LogP contribution in [-0.2, 0) is 4.79 Å². The highest BCUT2D eigenvalue weighted by Gasteiger charge is 2.13. The van der Waals surface area contributed by atoms with Crippen molar-refractivity contribution in [1.82, 2.24) is 5.32 Å². The van der Waals surface area contributed by atoms with Gasteiger partial charge in [0.2, 0.25) is 5.91 Å². The Bertz CT molecular complexity index is 363. The van der Waals surface area contributed by atoms with Crippen molar-refractivity contribution in [2.45, 2.75) is 32.6 Å². The highest BCUT2D eigenvalue weighted by molar-refractivity contribution is 5.75. The van der Waals surface area contributed by atoms with E-state index in [0.29, 0.717) is 19.5 Å². The summed E-state index contributed by atoms with van der Waals surface area (Å²) in [6.07, 6.45) is 1.36. The third-order valence-corrected chi connectivity index (χ3v) is 3.01. The summed E-state index contributed by atoms with van der Waals surface area (Å²) >= 11 is 0. The van der Waals surface area contributed by atoms with Crippen LogP contribution in [0.25, 0.3) is 0 Å². The predicted molar refractivity (Wildman–Crippen MR) is 70.9 cm³/mol. The molecule has 1 rings (SSSR count). The summed E-state index contributed by atoms with van der Waals surface area (Å²) in [4.78, 5) is 11.4. The number of aryl methyl sites for hydroxylation is 1. The number of rotatable bonds is 6. The van der Waals surface area contributed by atoms with E-state index in [9.17, 15) is 4.79 Å². The van der Waals surface area contributed by atoms with E-state index in [1.54, 1.807) is 0 Å². The summed E-state index contributed by atoms with van der Waals surface area (Å²) < 4.78 is 0. The normalized spacial score (nSPS) is 12.2. The summed E-state index contributed by atoms with van der Waals surface area (Å²) in [5.74, 6) is 0.387. The molecule has 0 aliphatic carbocycles. The van der Waals surface area contributed by atoms with E-state index in [4.69, 9.17) is 5.73 Å². The molecule has 17 heavy (non-hydrogen) atoms. The number of hydrogen-bond acceptors (Lipinski definition) is 2. The van der Waals surface area contributed by atoms with Crippen molar-refractivity contribution < 1.29 is 4.79 Å². The fourth-order valence-electron chi connectivity index (χ4n) is 2.04. The number of nitrogens with two attached hydrogens (primary N) is 1. The number of carbonyl (C=O) groups is 1. The fraction of sp³-hybridized carbons (Fsp3) is 0.500. The molecule has 3 N–H and O–H groups in total. The molecule has 0 aromatic heterocycles. The Morgan fingerprint density at radius 1 is 1.41 bits per heavy atom. The molecule has 0 fully saturated rings. The maximum absolute atomic E-state index is 11.4. The van der Waals surface area contributed by atoms with Gasteiger partial charge in [-0.15, -0.1) is 0 Å². The SMILES string of the molecule is CCNC(=O)CCC(CN)c1ccccc1C. The van der Waals surface area contributed by atoms with E-state index in [0.717, 1.165) is 6.42 Å². The first kappa shape index (κ1) is 13.7. The van der Waals surface area contributed by atoms with Crippen molar-refractivity contribution >= 4 is 5.91 Å². The first-order valence-corrected chi connectivity index (χ1v) is 6.21. The Morgan fingerprint density at radius 2 is 2.12 bits per heavy atom. The van der Waals surface area contributed by atoms with Gasteiger partial charge in [-0.1, -0.05) is 24.3 Å². The number of benzene rings is 1. The van der Waals surface area contributed by atoms with Crippen molar-refractivity contribution in [3.05, 3.63) is 35.4 Å². The van der Waals surface area contributed by atoms with E-state index in [-0.39, 0.29) is 11.8 Å². The Balaban J connectivity index is 2.60. The molecule has 0 bridgehead atoms. The monoisotopic (exact) mass is 234 g/mol. The Hall–Kier alpha value is -1.35. The van der Waals surface area contributed by atoms with Gasteiger partial charge in [-0.05, 0) is 43.9 Å². The van der Waals surface area contributed by atoms with Crippen LogP contribution in [0.15, 0.2) is 24.3 Å². The van der Waals surface area contributed by atoms with Crippen LogP contribution >= 0.6 is 0 Å². The van der Waals surface area contributed by atoms with Gasteiger partial charge in [0.15, 0.2) is 0 Å². The Labute approximate surface area is 103 Å².